The molecule has 0 radical (unpaired) electrons. The summed E-state index contributed by atoms with van der Waals surface area (Å²) >= 11 is 0. The van der Waals surface area contributed by atoms with Crippen molar-refractivity contribution in [2.45, 2.75) is 32.2 Å². The topological polar surface area (TPSA) is 126 Å². The maximum absolute atomic E-state index is 12.4. The molecule has 3 heterocycles. The van der Waals surface area contributed by atoms with Gasteiger partial charge in [-0.2, -0.15) is 5.10 Å². The van der Waals surface area contributed by atoms with Gasteiger partial charge in [-0.15, -0.1) is 0 Å². The van der Waals surface area contributed by atoms with Crippen molar-refractivity contribution in [2.24, 2.45) is 0 Å². The Morgan fingerprint density at radius 2 is 1.89 bits per heavy atom. The number of anilines is 2. The number of nitrogens with zero attached hydrogens (tertiary/aromatic N) is 5. The molecule has 10 nitrogen and oxygen atoms in total. The molecule has 0 spiro atoms. The summed E-state index contributed by atoms with van der Waals surface area (Å²) in [5.41, 5.74) is 2.64. The van der Waals surface area contributed by atoms with Crippen molar-refractivity contribution < 1.29 is 19.3 Å². The number of carbonyl (C=O) groups excluding carboxylic acids is 1. The molecule has 1 aromatic carbocycles. The Kier molecular flexibility index (Phi) is 4.92. The molecule has 2 N–H and O–H groups in total. The number of fused-ring (bicyclic) bond motifs is 1. The first-order valence-corrected chi connectivity index (χ1v) is 9.18. The van der Waals surface area contributed by atoms with Gasteiger partial charge in [-0.1, -0.05) is 0 Å². The van der Waals surface area contributed by atoms with Crippen molar-refractivity contribution in [3.8, 4) is 0 Å². The average molecular weight is 384 g/mol. The summed E-state index contributed by atoms with van der Waals surface area (Å²) in [6.07, 6.45) is 4.96. The predicted octanol–water partition coefficient (Wildman–Crippen LogP) is 2.14. The number of amides is 1. The lowest BCUT2D eigenvalue weighted by Gasteiger charge is -2.28. The molecule has 0 bridgehead atoms. The Balaban J connectivity index is 1.47. The van der Waals surface area contributed by atoms with Gasteiger partial charge in [0.25, 0.3) is 0 Å². The van der Waals surface area contributed by atoms with E-state index in [-0.39, 0.29) is 24.6 Å². The van der Waals surface area contributed by atoms with Gasteiger partial charge >= 0.3 is 5.97 Å². The minimum absolute atomic E-state index is 0.0433. The van der Waals surface area contributed by atoms with E-state index < -0.39 is 5.97 Å². The van der Waals surface area contributed by atoms with Gasteiger partial charge in [-0.3, -0.25) is 9.48 Å². The molecule has 0 aliphatic carbocycles. The number of hydrogen-bond acceptors (Lipinski definition) is 7. The first-order chi connectivity index (χ1) is 13.6. The number of nitrogens with one attached hydrogen (secondary N) is 1. The van der Waals surface area contributed by atoms with Crippen LogP contribution in [-0.4, -0.2) is 50.2 Å². The SMILES string of the molecule is O=C(CCn1nccc1C(=O)O)Nc1ccc(N2CCCCC2)c2nonc12. The molecule has 146 valence electrons. The van der Waals surface area contributed by atoms with E-state index in [1.165, 1.54) is 23.4 Å². The molecule has 1 aliphatic heterocycles. The van der Waals surface area contributed by atoms with Crippen molar-refractivity contribution in [3.63, 3.8) is 0 Å². The molecular weight excluding hydrogens is 364 g/mol. The molecule has 0 atom stereocenters. The highest BCUT2D eigenvalue weighted by Crippen LogP contribution is 2.31. The number of aryl methyl sites for hydroxylation is 1. The molecule has 1 amide bonds. The largest absolute Gasteiger partial charge is 0.477 e. The number of rotatable bonds is 6. The van der Waals surface area contributed by atoms with Gasteiger partial charge in [0, 0.05) is 25.7 Å². The van der Waals surface area contributed by atoms with E-state index in [9.17, 15) is 9.59 Å². The third kappa shape index (κ3) is 3.53. The second kappa shape index (κ2) is 7.67. The van der Waals surface area contributed by atoms with Gasteiger partial charge in [-0.25, -0.2) is 9.42 Å². The van der Waals surface area contributed by atoms with E-state index in [0.29, 0.717) is 16.7 Å². The number of piperidine rings is 1. The van der Waals surface area contributed by atoms with Crippen LogP contribution >= 0.6 is 0 Å². The lowest BCUT2D eigenvalue weighted by atomic mass is 10.1. The summed E-state index contributed by atoms with van der Waals surface area (Å²) in [6, 6.07) is 5.11. The van der Waals surface area contributed by atoms with Gasteiger partial charge in [0.2, 0.25) is 5.91 Å². The zero-order valence-electron chi connectivity index (χ0n) is 15.2. The summed E-state index contributed by atoms with van der Waals surface area (Å²) in [5, 5.41) is 23.8. The number of carboxylic acids is 1. The molecule has 10 heteroatoms. The zero-order chi connectivity index (χ0) is 19.5. The van der Waals surface area contributed by atoms with Gasteiger partial charge in [0.1, 0.15) is 5.69 Å². The van der Waals surface area contributed by atoms with Crippen molar-refractivity contribution in [1.29, 1.82) is 0 Å². The lowest BCUT2D eigenvalue weighted by Crippen LogP contribution is -2.29. The Morgan fingerprint density at radius 1 is 1.11 bits per heavy atom. The van der Waals surface area contributed by atoms with Crippen LogP contribution in [0.4, 0.5) is 11.4 Å². The van der Waals surface area contributed by atoms with Crippen LogP contribution in [0, 0.1) is 0 Å². The molecule has 28 heavy (non-hydrogen) atoms. The number of aromatic nitrogens is 4. The third-order valence-corrected chi connectivity index (χ3v) is 4.85. The highest BCUT2D eigenvalue weighted by atomic mass is 16.6. The van der Waals surface area contributed by atoms with Crippen LogP contribution in [0.25, 0.3) is 11.0 Å². The molecule has 1 aliphatic rings. The molecule has 3 aromatic rings. The van der Waals surface area contributed by atoms with Crippen LogP contribution in [0.15, 0.2) is 29.0 Å². The summed E-state index contributed by atoms with van der Waals surface area (Å²) in [7, 11) is 0. The van der Waals surface area contributed by atoms with E-state index >= 15 is 0 Å². The molecule has 1 fully saturated rings. The van der Waals surface area contributed by atoms with E-state index in [1.54, 1.807) is 6.07 Å². The van der Waals surface area contributed by atoms with Crippen molar-refractivity contribution in [2.75, 3.05) is 23.3 Å². The fraction of sp³-hybridized carbons (Fsp3) is 0.389. The second-order valence-corrected chi connectivity index (χ2v) is 6.68. The van der Waals surface area contributed by atoms with Gasteiger partial charge in [-0.05, 0) is 47.8 Å². The number of aromatic carboxylic acids is 1. The first kappa shape index (κ1) is 18.0. The van der Waals surface area contributed by atoms with E-state index in [0.717, 1.165) is 31.6 Å². The zero-order valence-corrected chi connectivity index (χ0v) is 15.2. The molecule has 0 saturated carbocycles. The molecular formula is C18H20N6O4. The predicted molar refractivity (Wildman–Crippen MR) is 100 cm³/mol. The van der Waals surface area contributed by atoms with Crippen molar-refractivity contribution >= 4 is 34.3 Å². The highest BCUT2D eigenvalue weighted by Gasteiger charge is 2.19. The fourth-order valence-corrected chi connectivity index (χ4v) is 3.46. The van der Waals surface area contributed by atoms with E-state index in [4.69, 9.17) is 9.74 Å². The van der Waals surface area contributed by atoms with Gasteiger partial charge < -0.3 is 15.3 Å². The first-order valence-electron chi connectivity index (χ1n) is 9.18. The number of carboxylic acid groups (broad SMARTS) is 1. The Labute approximate surface area is 160 Å². The number of hydrogen-bond donors (Lipinski definition) is 2. The second-order valence-electron chi connectivity index (χ2n) is 6.68. The molecule has 1 saturated heterocycles. The maximum Gasteiger partial charge on any atom is 0.354 e. The van der Waals surface area contributed by atoms with Crippen molar-refractivity contribution in [1.82, 2.24) is 20.1 Å². The van der Waals surface area contributed by atoms with Gasteiger partial charge in [0.15, 0.2) is 11.0 Å². The number of carbonyl (C=O) groups is 2. The highest BCUT2D eigenvalue weighted by molar-refractivity contribution is 6.02. The van der Waals surface area contributed by atoms with Gasteiger partial charge in [0.05, 0.1) is 17.9 Å². The Hall–Kier alpha value is -3.43. The third-order valence-electron chi connectivity index (χ3n) is 4.85. The van der Waals surface area contributed by atoms with Crippen LogP contribution < -0.4 is 10.2 Å². The molecule has 4 rings (SSSR count). The fourth-order valence-electron chi connectivity index (χ4n) is 3.46. The number of benzene rings is 1. The lowest BCUT2D eigenvalue weighted by molar-refractivity contribution is -0.116. The molecule has 2 aromatic heterocycles. The van der Waals surface area contributed by atoms with Crippen LogP contribution in [0.3, 0.4) is 0 Å². The quantitative estimate of drug-likeness (QED) is 0.662. The van der Waals surface area contributed by atoms with Crippen molar-refractivity contribution in [3.05, 3.63) is 30.1 Å². The normalized spacial score (nSPS) is 14.4. The Bertz CT molecular complexity index is 1000. The average Bonchev–Trinajstić information content (AvgIpc) is 3.37. The monoisotopic (exact) mass is 384 g/mol. The summed E-state index contributed by atoms with van der Waals surface area (Å²) in [5.74, 6) is -1.36. The maximum atomic E-state index is 12.4. The van der Waals surface area contributed by atoms with Crippen LogP contribution in [0.5, 0.6) is 0 Å². The standard InChI is InChI=1S/C18H20N6O4/c25-15(7-11-24-14(18(26)27)6-8-19-24)20-12-4-5-13(17-16(12)21-28-22-17)23-9-2-1-3-10-23/h4-6,8H,1-3,7,9-11H2,(H,20,25)(H,26,27). The van der Waals surface area contributed by atoms with Crippen LogP contribution in [0.2, 0.25) is 0 Å². The Morgan fingerprint density at radius 3 is 2.68 bits per heavy atom. The summed E-state index contributed by atoms with van der Waals surface area (Å²) < 4.78 is 6.21. The minimum atomic E-state index is -1.08. The smallest absolute Gasteiger partial charge is 0.354 e. The summed E-state index contributed by atoms with van der Waals surface area (Å²) in [6.45, 7) is 2.08. The van der Waals surface area contributed by atoms with E-state index in [1.807, 2.05) is 6.07 Å². The minimum Gasteiger partial charge on any atom is -0.477 e. The van der Waals surface area contributed by atoms with E-state index in [2.05, 4.69) is 25.6 Å². The summed E-state index contributed by atoms with van der Waals surface area (Å²) in [4.78, 5) is 25.7. The van der Waals surface area contributed by atoms with Crippen LogP contribution in [-0.2, 0) is 11.3 Å². The molecule has 0 unspecified atom stereocenters. The van der Waals surface area contributed by atoms with Crippen LogP contribution in [0.1, 0.15) is 36.2 Å².